The summed E-state index contributed by atoms with van der Waals surface area (Å²) in [6.07, 6.45) is 14.9. The summed E-state index contributed by atoms with van der Waals surface area (Å²) in [6, 6.07) is 8.57. The largest absolute Gasteiger partial charge is 0.393 e. The van der Waals surface area contributed by atoms with Crippen molar-refractivity contribution < 1.29 is 10.2 Å². The van der Waals surface area contributed by atoms with E-state index in [1.54, 1.807) is 0 Å². The lowest BCUT2D eigenvalue weighted by Crippen LogP contribution is -2.61. The van der Waals surface area contributed by atoms with Gasteiger partial charge in [-0.25, -0.2) is 0 Å². The van der Waals surface area contributed by atoms with Gasteiger partial charge in [0.1, 0.15) is 0 Å². The summed E-state index contributed by atoms with van der Waals surface area (Å²) < 4.78 is 0. The Balaban J connectivity index is 0.000000806. The van der Waals surface area contributed by atoms with Crippen molar-refractivity contribution in [3.63, 3.8) is 0 Å². The molecule has 0 radical (unpaired) electrons. The molecule has 3 N–H and O–H groups in total. The first-order valence-electron chi connectivity index (χ1n) is 13.2. The Bertz CT molecular complexity index is 1160. The highest BCUT2D eigenvalue weighted by molar-refractivity contribution is 6.26. The number of aliphatic hydroxyl groups is 2. The molecule has 4 nitrogen and oxygen atoms in total. The number of halogens is 1. The number of alkyl halides is 1. The summed E-state index contributed by atoms with van der Waals surface area (Å²) in [6.45, 7) is 2.35. The van der Waals surface area contributed by atoms with Crippen molar-refractivity contribution in [3.8, 4) is 0 Å². The molecule has 2 saturated carbocycles. The molecule has 6 atom stereocenters. The number of aromatic nitrogens is 1. The average Bonchev–Trinajstić information content (AvgIpc) is 3.14. The Labute approximate surface area is 214 Å². The first-order chi connectivity index (χ1) is 16.8. The fourth-order valence-corrected chi connectivity index (χ4v) is 8.02. The van der Waals surface area contributed by atoms with Crippen LogP contribution in [0.15, 0.2) is 54.4 Å². The van der Waals surface area contributed by atoms with E-state index in [0.29, 0.717) is 12.3 Å². The molecule has 0 spiro atoms. The molecule has 0 bridgehead atoms. The predicted octanol–water partition coefficient (Wildman–Crippen LogP) is 5.86. The molecule has 188 valence electrons. The Hall–Kier alpha value is -1.72. The molecule has 4 aliphatic carbocycles. The highest BCUT2D eigenvalue weighted by Gasteiger charge is 2.64. The Morgan fingerprint density at radius 3 is 2.69 bits per heavy atom. The van der Waals surface area contributed by atoms with Crippen LogP contribution in [0.5, 0.6) is 0 Å². The summed E-state index contributed by atoms with van der Waals surface area (Å²) in [4.78, 5) is 3.56. The van der Waals surface area contributed by atoms with E-state index < -0.39 is 10.5 Å². The minimum absolute atomic E-state index is 0.0928. The maximum atomic E-state index is 12.4. The quantitative estimate of drug-likeness (QED) is 0.343. The van der Waals surface area contributed by atoms with Gasteiger partial charge in [0.2, 0.25) is 0 Å². The predicted molar refractivity (Wildman–Crippen MR) is 144 cm³/mol. The van der Waals surface area contributed by atoms with Crippen LogP contribution in [0.25, 0.3) is 16.3 Å². The topological polar surface area (TPSA) is 65.4 Å². The molecule has 5 heteroatoms. The lowest BCUT2D eigenvalue weighted by Gasteiger charge is -2.56. The van der Waals surface area contributed by atoms with Gasteiger partial charge in [-0.15, -0.1) is 11.6 Å². The van der Waals surface area contributed by atoms with Gasteiger partial charge < -0.3 is 15.5 Å². The summed E-state index contributed by atoms with van der Waals surface area (Å²) in [5, 5.41) is 27.8. The third-order valence-corrected chi connectivity index (χ3v) is 9.97. The molecule has 2 aromatic rings. The number of pyridine rings is 1. The van der Waals surface area contributed by atoms with Gasteiger partial charge in [0.05, 0.1) is 16.6 Å². The van der Waals surface area contributed by atoms with Crippen molar-refractivity contribution in [3.05, 3.63) is 59.9 Å². The van der Waals surface area contributed by atoms with Crippen LogP contribution in [-0.2, 0) is 0 Å². The SMILES string of the molecule is CC12CCC3(Cl)C=C4CC(O)CCC4CC[C@]3(O)C1CC=C2c1cccc2cnccc12.CNC. The normalized spacial score (nSPS) is 38.2. The van der Waals surface area contributed by atoms with Crippen LogP contribution in [0.4, 0.5) is 0 Å². The third kappa shape index (κ3) is 3.98. The van der Waals surface area contributed by atoms with Gasteiger partial charge in [0.15, 0.2) is 0 Å². The standard InChI is InChI=1S/C28H32ClNO2.C2H7N/c1-26-12-13-27(29)16-20-15-21(31)6-5-18(20)9-11-28(27,32)25(26)8-7-24(26)23-4-2-3-19-17-30-14-10-22(19)23;1-3-2/h2-4,7,10,14,16-18,21,25,31-32H,5-6,8-9,11-13,15H2,1H3;3H,1-2H3/t18?,21?,25?,26?,27?,28-;/m0./s1. The van der Waals surface area contributed by atoms with E-state index >= 15 is 0 Å². The molecule has 1 aromatic carbocycles. The molecular weight excluding hydrogens is 456 g/mol. The monoisotopic (exact) mass is 494 g/mol. The van der Waals surface area contributed by atoms with E-state index in [1.807, 2.05) is 26.5 Å². The van der Waals surface area contributed by atoms with E-state index in [-0.39, 0.29) is 17.4 Å². The zero-order valence-electron chi connectivity index (χ0n) is 21.2. The number of hydrogen-bond acceptors (Lipinski definition) is 4. The lowest BCUT2D eigenvalue weighted by atomic mass is 9.54. The van der Waals surface area contributed by atoms with Gasteiger partial charge in [-0.3, -0.25) is 4.98 Å². The number of hydrogen-bond donors (Lipinski definition) is 3. The van der Waals surface area contributed by atoms with E-state index in [4.69, 9.17) is 11.6 Å². The van der Waals surface area contributed by atoms with Gasteiger partial charge in [0.25, 0.3) is 0 Å². The van der Waals surface area contributed by atoms with E-state index in [2.05, 4.69) is 53.6 Å². The molecule has 1 heterocycles. The maximum Gasteiger partial charge on any atom is 0.0918 e. The molecule has 0 aliphatic heterocycles. The Kier molecular flexibility index (Phi) is 6.63. The molecule has 4 aliphatic rings. The smallest absolute Gasteiger partial charge is 0.0918 e. The lowest BCUT2D eigenvalue weighted by molar-refractivity contribution is -0.106. The third-order valence-electron chi connectivity index (χ3n) is 9.35. The molecule has 2 fully saturated rings. The maximum absolute atomic E-state index is 12.4. The second kappa shape index (κ2) is 9.30. The van der Waals surface area contributed by atoms with Crippen molar-refractivity contribution in [1.82, 2.24) is 10.3 Å². The fraction of sp³-hybridized carbons (Fsp3) is 0.567. The number of rotatable bonds is 1. The van der Waals surface area contributed by atoms with Crippen LogP contribution in [0.2, 0.25) is 0 Å². The van der Waals surface area contributed by atoms with Crippen LogP contribution in [0.1, 0.15) is 63.9 Å². The van der Waals surface area contributed by atoms with Crippen molar-refractivity contribution in [2.45, 2.75) is 74.9 Å². The second-order valence-electron chi connectivity index (χ2n) is 11.4. The van der Waals surface area contributed by atoms with Crippen molar-refractivity contribution in [2.24, 2.45) is 17.3 Å². The Morgan fingerprint density at radius 2 is 1.89 bits per heavy atom. The molecule has 5 unspecified atom stereocenters. The first-order valence-corrected chi connectivity index (χ1v) is 13.6. The van der Waals surface area contributed by atoms with Crippen LogP contribution in [0.3, 0.4) is 0 Å². The van der Waals surface area contributed by atoms with Crippen molar-refractivity contribution >= 4 is 27.9 Å². The zero-order chi connectivity index (χ0) is 24.8. The summed E-state index contributed by atoms with van der Waals surface area (Å²) in [5.41, 5.74) is 2.85. The van der Waals surface area contributed by atoms with E-state index in [9.17, 15) is 10.2 Å². The van der Waals surface area contributed by atoms with Gasteiger partial charge in [-0.1, -0.05) is 42.8 Å². The van der Waals surface area contributed by atoms with Gasteiger partial charge in [-0.05, 0) is 99.4 Å². The summed E-state index contributed by atoms with van der Waals surface area (Å²) in [5.74, 6) is 0.546. The number of benzene rings is 1. The number of allylic oxidation sites excluding steroid dienone is 2. The summed E-state index contributed by atoms with van der Waals surface area (Å²) >= 11 is 7.37. The molecule has 0 saturated heterocycles. The molecule has 35 heavy (non-hydrogen) atoms. The number of fused-ring (bicyclic) bond motifs is 5. The molecule has 1 aromatic heterocycles. The first kappa shape index (κ1) is 25.0. The van der Waals surface area contributed by atoms with Crippen molar-refractivity contribution in [2.75, 3.05) is 14.1 Å². The van der Waals surface area contributed by atoms with Gasteiger partial charge >= 0.3 is 0 Å². The van der Waals surface area contributed by atoms with Crippen LogP contribution >= 0.6 is 11.6 Å². The highest BCUT2D eigenvalue weighted by atomic mass is 35.5. The molecular formula is C30H39ClN2O2. The van der Waals surface area contributed by atoms with E-state index in [0.717, 1.165) is 50.3 Å². The Morgan fingerprint density at radius 1 is 1.09 bits per heavy atom. The minimum atomic E-state index is -0.943. The summed E-state index contributed by atoms with van der Waals surface area (Å²) in [7, 11) is 3.75. The average molecular weight is 495 g/mol. The fourth-order valence-electron chi connectivity index (χ4n) is 7.56. The highest BCUT2D eigenvalue weighted by Crippen LogP contribution is 2.66. The molecule has 0 amide bonds. The second-order valence-corrected chi connectivity index (χ2v) is 12.1. The van der Waals surface area contributed by atoms with E-state index in [1.165, 1.54) is 22.1 Å². The number of nitrogens with one attached hydrogen (secondary N) is 1. The number of aliphatic hydroxyl groups excluding tert-OH is 1. The van der Waals surface area contributed by atoms with Gasteiger partial charge in [-0.2, -0.15) is 0 Å². The molecule has 6 rings (SSSR count). The number of nitrogens with zero attached hydrogens (tertiary/aromatic N) is 1. The zero-order valence-corrected chi connectivity index (χ0v) is 22.0. The minimum Gasteiger partial charge on any atom is -0.393 e. The van der Waals surface area contributed by atoms with Crippen LogP contribution in [-0.4, -0.2) is 45.9 Å². The van der Waals surface area contributed by atoms with Gasteiger partial charge in [0, 0.05) is 23.7 Å². The van der Waals surface area contributed by atoms with Crippen LogP contribution in [0, 0.1) is 17.3 Å². The van der Waals surface area contributed by atoms with Crippen LogP contribution < -0.4 is 5.32 Å². The van der Waals surface area contributed by atoms with Crippen molar-refractivity contribution in [1.29, 1.82) is 0 Å².